The molecule has 22 heavy (non-hydrogen) atoms. The summed E-state index contributed by atoms with van der Waals surface area (Å²) in [6.45, 7) is 6.44. The molecule has 2 heterocycles. The van der Waals surface area contributed by atoms with Crippen LogP contribution in [-0.4, -0.2) is 67.7 Å². The van der Waals surface area contributed by atoms with Crippen LogP contribution in [0.5, 0.6) is 5.88 Å². The summed E-state index contributed by atoms with van der Waals surface area (Å²) < 4.78 is 5.98. The molecule has 1 aliphatic heterocycles. The second kappa shape index (κ2) is 9.33. The molecule has 9 heteroatoms. The lowest BCUT2D eigenvalue weighted by molar-refractivity contribution is 0.367. The van der Waals surface area contributed by atoms with Gasteiger partial charge in [-0.1, -0.05) is 0 Å². The fourth-order valence-corrected chi connectivity index (χ4v) is 2.60. The standard InChI is InChI=1S/C13H21BrN6O.HI/c1-4-16-12(15-2)19-5-7-20(8-6-19)13-17-9-10(14)11(18-13)21-3;/h9H,4-8H2,1-3H3,(H,15,16);1H. The van der Waals surface area contributed by atoms with Crippen molar-refractivity contribution in [2.24, 2.45) is 4.99 Å². The van der Waals surface area contributed by atoms with E-state index in [9.17, 15) is 0 Å². The highest BCUT2D eigenvalue weighted by Crippen LogP contribution is 2.23. The van der Waals surface area contributed by atoms with Crippen LogP contribution in [0.2, 0.25) is 0 Å². The number of hydrogen-bond donors (Lipinski definition) is 1. The first-order chi connectivity index (χ1) is 10.2. The molecular weight excluding hydrogens is 463 g/mol. The van der Waals surface area contributed by atoms with Gasteiger partial charge >= 0.3 is 0 Å². The van der Waals surface area contributed by atoms with E-state index in [2.05, 4.69) is 52.9 Å². The fourth-order valence-electron chi connectivity index (χ4n) is 2.25. The molecule has 2 rings (SSSR count). The maximum atomic E-state index is 5.22. The van der Waals surface area contributed by atoms with Gasteiger partial charge in [0.2, 0.25) is 11.8 Å². The van der Waals surface area contributed by atoms with Crippen molar-refractivity contribution in [3.63, 3.8) is 0 Å². The molecule has 0 amide bonds. The third kappa shape index (κ3) is 4.58. The van der Waals surface area contributed by atoms with E-state index >= 15 is 0 Å². The highest BCUT2D eigenvalue weighted by atomic mass is 127. The van der Waals surface area contributed by atoms with Crippen LogP contribution >= 0.6 is 39.9 Å². The van der Waals surface area contributed by atoms with E-state index in [-0.39, 0.29) is 24.0 Å². The topological polar surface area (TPSA) is 65.9 Å². The molecule has 0 radical (unpaired) electrons. The average molecular weight is 485 g/mol. The van der Waals surface area contributed by atoms with Crippen LogP contribution in [0.4, 0.5) is 5.95 Å². The first kappa shape index (κ1) is 19.2. The van der Waals surface area contributed by atoms with Crippen LogP contribution in [0.3, 0.4) is 0 Å². The van der Waals surface area contributed by atoms with Gasteiger partial charge in [0.1, 0.15) is 0 Å². The Hall–Kier alpha value is -0.840. The second-order valence-electron chi connectivity index (χ2n) is 4.58. The van der Waals surface area contributed by atoms with Crippen LogP contribution < -0.4 is 15.0 Å². The Balaban J connectivity index is 0.00000242. The smallest absolute Gasteiger partial charge is 0.232 e. The van der Waals surface area contributed by atoms with Crippen molar-refractivity contribution in [3.05, 3.63) is 10.7 Å². The predicted molar refractivity (Wildman–Crippen MR) is 103 cm³/mol. The van der Waals surface area contributed by atoms with Crippen LogP contribution in [-0.2, 0) is 0 Å². The number of methoxy groups -OCH3 is 1. The number of rotatable bonds is 3. The van der Waals surface area contributed by atoms with Gasteiger partial charge in [0.05, 0.1) is 17.8 Å². The summed E-state index contributed by atoms with van der Waals surface area (Å²) in [6.07, 6.45) is 1.73. The minimum Gasteiger partial charge on any atom is -0.480 e. The molecular formula is C13H22BrIN6O. The molecule has 0 aliphatic carbocycles. The van der Waals surface area contributed by atoms with Crippen LogP contribution in [0.1, 0.15) is 6.92 Å². The van der Waals surface area contributed by atoms with E-state index in [1.165, 1.54) is 0 Å². The van der Waals surface area contributed by atoms with E-state index in [1.54, 1.807) is 13.3 Å². The molecule has 124 valence electrons. The van der Waals surface area contributed by atoms with Crippen molar-refractivity contribution in [2.45, 2.75) is 6.92 Å². The van der Waals surface area contributed by atoms with E-state index in [1.807, 2.05) is 7.05 Å². The number of halogens is 2. The van der Waals surface area contributed by atoms with Crippen molar-refractivity contribution < 1.29 is 4.74 Å². The number of aromatic nitrogens is 2. The van der Waals surface area contributed by atoms with Gasteiger partial charge in [-0.2, -0.15) is 4.98 Å². The predicted octanol–water partition coefficient (Wildman–Crippen LogP) is 1.58. The number of nitrogens with zero attached hydrogens (tertiary/aromatic N) is 5. The van der Waals surface area contributed by atoms with Gasteiger partial charge in [0.15, 0.2) is 5.96 Å². The monoisotopic (exact) mass is 484 g/mol. The molecule has 0 aromatic carbocycles. The zero-order chi connectivity index (χ0) is 15.2. The van der Waals surface area contributed by atoms with E-state index < -0.39 is 0 Å². The number of aliphatic imine (C=N–C) groups is 1. The van der Waals surface area contributed by atoms with E-state index in [0.29, 0.717) is 11.8 Å². The van der Waals surface area contributed by atoms with Crippen molar-refractivity contribution in [3.8, 4) is 5.88 Å². The molecule has 0 unspecified atom stereocenters. The fraction of sp³-hybridized carbons (Fsp3) is 0.615. The summed E-state index contributed by atoms with van der Waals surface area (Å²) in [5.74, 6) is 2.21. The third-order valence-corrected chi connectivity index (χ3v) is 3.85. The lowest BCUT2D eigenvalue weighted by Gasteiger charge is -2.36. The number of nitrogens with one attached hydrogen (secondary N) is 1. The average Bonchev–Trinajstić information content (AvgIpc) is 2.53. The van der Waals surface area contributed by atoms with Gasteiger partial charge in [-0.25, -0.2) is 4.98 Å². The molecule has 1 saturated heterocycles. The lowest BCUT2D eigenvalue weighted by atomic mass is 10.3. The summed E-state index contributed by atoms with van der Waals surface area (Å²) in [5, 5.41) is 3.28. The maximum Gasteiger partial charge on any atom is 0.232 e. The summed E-state index contributed by atoms with van der Waals surface area (Å²) in [7, 11) is 3.42. The highest BCUT2D eigenvalue weighted by Gasteiger charge is 2.21. The van der Waals surface area contributed by atoms with Crippen molar-refractivity contribution in [1.29, 1.82) is 0 Å². The molecule has 1 fully saturated rings. The minimum absolute atomic E-state index is 0. The molecule has 0 bridgehead atoms. The lowest BCUT2D eigenvalue weighted by Crippen LogP contribution is -2.52. The largest absolute Gasteiger partial charge is 0.480 e. The summed E-state index contributed by atoms with van der Waals surface area (Å²) in [5.41, 5.74) is 0. The van der Waals surface area contributed by atoms with E-state index in [0.717, 1.165) is 43.2 Å². The van der Waals surface area contributed by atoms with Gasteiger partial charge in [-0.15, -0.1) is 24.0 Å². The van der Waals surface area contributed by atoms with Crippen LogP contribution in [0, 0.1) is 0 Å². The number of hydrogen-bond acceptors (Lipinski definition) is 5. The summed E-state index contributed by atoms with van der Waals surface area (Å²) in [4.78, 5) is 17.5. The first-order valence-corrected chi connectivity index (χ1v) is 7.76. The van der Waals surface area contributed by atoms with Crippen molar-refractivity contribution in [1.82, 2.24) is 20.2 Å². The molecule has 1 aromatic heterocycles. The summed E-state index contributed by atoms with van der Waals surface area (Å²) >= 11 is 3.37. The van der Waals surface area contributed by atoms with Gasteiger partial charge in [0.25, 0.3) is 0 Å². The normalized spacial score (nSPS) is 15.4. The van der Waals surface area contributed by atoms with Gasteiger partial charge in [0, 0.05) is 39.8 Å². The number of piperazine rings is 1. The van der Waals surface area contributed by atoms with Gasteiger partial charge < -0.3 is 19.9 Å². The molecule has 0 spiro atoms. The first-order valence-electron chi connectivity index (χ1n) is 6.96. The van der Waals surface area contributed by atoms with Gasteiger partial charge in [-0.3, -0.25) is 4.99 Å². The second-order valence-corrected chi connectivity index (χ2v) is 5.43. The number of anilines is 1. The molecule has 7 nitrogen and oxygen atoms in total. The van der Waals surface area contributed by atoms with Crippen molar-refractivity contribution in [2.75, 3.05) is 51.8 Å². The molecule has 1 aromatic rings. The zero-order valence-electron chi connectivity index (χ0n) is 13.0. The number of guanidine groups is 1. The van der Waals surface area contributed by atoms with Gasteiger partial charge in [-0.05, 0) is 22.9 Å². The Morgan fingerprint density at radius 3 is 2.64 bits per heavy atom. The quantitative estimate of drug-likeness (QED) is 0.399. The SMILES string of the molecule is CCNC(=NC)N1CCN(c2ncc(Br)c(OC)n2)CC1.I. The zero-order valence-corrected chi connectivity index (χ0v) is 17.0. The summed E-state index contributed by atoms with van der Waals surface area (Å²) in [6, 6.07) is 0. The molecule has 1 N–H and O–H groups in total. The van der Waals surface area contributed by atoms with Crippen LogP contribution in [0.25, 0.3) is 0 Å². The Labute approximate surface area is 156 Å². The number of ether oxygens (including phenoxy) is 1. The highest BCUT2D eigenvalue weighted by molar-refractivity contribution is 14.0. The Morgan fingerprint density at radius 1 is 1.41 bits per heavy atom. The Morgan fingerprint density at radius 2 is 2.09 bits per heavy atom. The van der Waals surface area contributed by atoms with Crippen LogP contribution in [0.15, 0.2) is 15.7 Å². The van der Waals surface area contributed by atoms with E-state index in [4.69, 9.17) is 4.74 Å². The maximum absolute atomic E-state index is 5.22. The molecule has 0 saturated carbocycles. The molecule has 1 aliphatic rings. The Kier molecular flexibility index (Phi) is 8.15. The molecule has 0 atom stereocenters. The Bertz CT molecular complexity index is 507. The van der Waals surface area contributed by atoms with Crippen molar-refractivity contribution >= 4 is 51.8 Å². The third-order valence-electron chi connectivity index (χ3n) is 3.30. The minimum atomic E-state index is 0.